The normalized spacial score (nSPS) is 10.2. The Morgan fingerprint density at radius 1 is 1.05 bits per heavy atom. The number of nitrogens with zero attached hydrogens (tertiary/aromatic N) is 2. The lowest BCUT2D eigenvalue weighted by Gasteiger charge is -2.03. The van der Waals surface area contributed by atoms with Gasteiger partial charge >= 0.3 is 5.88 Å². The molecule has 0 atom stereocenters. The van der Waals surface area contributed by atoms with Gasteiger partial charge in [-0.25, -0.2) is 0 Å². The molecule has 0 saturated carbocycles. The lowest BCUT2D eigenvalue weighted by atomic mass is 10.1. The van der Waals surface area contributed by atoms with E-state index in [0.29, 0.717) is 6.42 Å². The van der Waals surface area contributed by atoms with Crippen molar-refractivity contribution >= 4 is 17.5 Å². The molecule has 2 rings (SSSR count). The molecule has 2 aromatic rings. The van der Waals surface area contributed by atoms with Gasteiger partial charge in [0.1, 0.15) is 4.92 Å². The molecule has 9 nitrogen and oxygen atoms in total. The number of nitro benzene ring substituents is 1. The average molecular weight is 305 g/mol. The number of nitro groups is 2. The summed E-state index contributed by atoms with van der Waals surface area (Å²) in [7, 11) is 0. The predicted octanol–water partition coefficient (Wildman–Crippen LogP) is 2.07. The quantitative estimate of drug-likeness (QED) is 0.642. The van der Waals surface area contributed by atoms with Crippen LogP contribution in [0.3, 0.4) is 0 Å². The Hall–Kier alpha value is -3.23. The molecule has 1 heterocycles. The number of carbonyl (C=O) groups excluding carboxylic acids is 1. The molecule has 0 radical (unpaired) electrons. The summed E-state index contributed by atoms with van der Waals surface area (Å²) < 4.78 is 4.77. The van der Waals surface area contributed by atoms with E-state index in [2.05, 4.69) is 5.32 Å². The first kappa shape index (κ1) is 15.2. The fraction of sp³-hybridized carbons (Fsp3) is 0.154. The molecular weight excluding hydrogens is 294 g/mol. The average Bonchev–Trinajstić information content (AvgIpc) is 2.98. The molecule has 0 unspecified atom stereocenters. The van der Waals surface area contributed by atoms with Crippen LogP contribution in [0, 0.1) is 20.2 Å². The molecule has 1 N–H and O–H groups in total. The van der Waals surface area contributed by atoms with Gasteiger partial charge in [0.15, 0.2) is 5.76 Å². The van der Waals surface area contributed by atoms with Crippen molar-refractivity contribution in [2.75, 3.05) is 6.54 Å². The van der Waals surface area contributed by atoms with Crippen LogP contribution in [0.15, 0.2) is 40.8 Å². The molecule has 9 heteroatoms. The van der Waals surface area contributed by atoms with E-state index in [4.69, 9.17) is 4.42 Å². The van der Waals surface area contributed by atoms with Crippen LogP contribution in [0.4, 0.5) is 11.6 Å². The van der Waals surface area contributed by atoms with Crippen molar-refractivity contribution in [2.45, 2.75) is 6.42 Å². The van der Waals surface area contributed by atoms with Gasteiger partial charge in [-0.1, -0.05) is 12.1 Å². The summed E-state index contributed by atoms with van der Waals surface area (Å²) in [5.41, 5.74) is 0.812. The number of nitrogens with one attached hydrogen (secondary N) is 1. The minimum atomic E-state index is -0.729. The minimum absolute atomic E-state index is 0.00400. The standard InChI is InChI=1S/C13H11N3O6/c17-13(11-5-6-12(22-11)16(20)21)14-8-7-9-1-3-10(4-2-9)15(18)19/h1-6H,7-8H2,(H,14,17). The van der Waals surface area contributed by atoms with E-state index >= 15 is 0 Å². The van der Waals surface area contributed by atoms with Gasteiger partial charge in [0, 0.05) is 18.7 Å². The summed E-state index contributed by atoms with van der Waals surface area (Å²) >= 11 is 0. The molecule has 0 aliphatic carbocycles. The van der Waals surface area contributed by atoms with E-state index in [1.165, 1.54) is 18.2 Å². The molecule has 1 aromatic heterocycles. The summed E-state index contributed by atoms with van der Waals surface area (Å²) in [6.45, 7) is 0.269. The molecule has 0 fully saturated rings. The molecule has 0 saturated heterocycles. The first-order valence-electron chi connectivity index (χ1n) is 6.23. The Morgan fingerprint density at radius 2 is 1.73 bits per heavy atom. The highest BCUT2D eigenvalue weighted by atomic mass is 16.6. The first-order valence-corrected chi connectivity index (χ1v) is 6.23. The molecule has 0 aliphatic rings. The zero-order valence-electron chi connectivity index (χ0n) is 11.2. The molecular formula is C13H11N3O6. The van der Waals surface area contributed by atoms with E-state index in [-0.39, 0.29) is 18.0 Å². The number of non-ortho nitro benzene ring substituents is 1. The highest BCUT2D eigenvalue weighted by Gasteiger charge is 2.16. The van der Waals surface area contributed by atoms with Gasteiger partial charge in [-0.2, -0.15) is 0 Å². The maximum Gasteiger partial charge on any atom is 0.433 e. The molecule has 0 aliphatic heterocycles. The van der Waals surface area contributed by atoms with Crippen LogP contribution in [0.25, 0.3) is 0 Å². The highest BCUT2D eigenvalue weighted by Crippen LogP contribution is 2.15. The Bertz CT molecular complexity index is 707. The van der Waals surface area contributed by atoms with E-state index in [1.54, 1.807) is 12.1 Å². The number of rotatable bonds is 6. The maximum atomic E-state index is 11.7. The third kappa shape index (κ3) is 3.66. The smallest absolute Gasteiger partial charge is 0.395 e. The molecule has 0 bridgehead atoms. The molecule has 22 heavy (non-hydrogen) atoms. The van der Waals surface area contributed by atoms with Crippen LogP contribution >= 0.6 is 0 Å². The Kier molecular flexibility index (Phi) is 4.47. The van der Waals surface area contributed by atoms with Gasteiger partial charge in [-0.3, -0.25) is 25.0 Å². The Labute approximate surface area is 123 Å². The lowest BCUT2D eigenvalue weighted by Crippen LogP contribution is -2.25. The van der Waals surface area contributed by atoms with Crippen LogP contribution in [-0.2, 0) is 6.42 Å². The topological polar surface area (TPSA) is 129 Å². The minimum Gasteiger partial charge on any atom is -0.395 e. The summed E-state index contributed by atoms with van der Waals surface area (Å²) in [4.78, 5) is 31.4. The fourth-order valence-corrected chi connectivity index (χ4v) is 1.74. The van der Waals surface area contributed by atoms with E-state index in [9.17, 15) is 25.0 Å². The number of carbonyl (C=O) groups is 1. The molecule has 114 valence electrons. The van der Waals surface area contributed by atoms with Crippen molar-refractivity contribution in [1.29, 1.82) is 0 Å². The largest absolute Gasteiger partial charge is 0.433 e. The number of hydrogen-bond acceptors (Lipinski definition) is 6. The van der Waals surface area contributed by atoms with Crippen LogP contribution in [0.2, 0.25) is 0 Å². The SMILES string of the molecule is O=C(NCCc1ccc([N+](=O)[O-])cc1)c1ccc([N+](=O)[O-])o1. The van der Waals surface area contributed by atoms with Gasteiger partial charge in [-0.15, -0.1) is 0 Å². The van der Waals surface area contributed by atoms with Crippen molar-refractivity contribution in [3.05, 3.63) is 68.0 Å². The Morgan fingerprint density at radius 3 is 2.27 bits per heavy atom. The van der Waals surface area contributed by atoms with Gasteiger partial charge in [0.05, 0.1) is 11.0 Å². The van der Waals surface area contributed by atoms with E-state index < -0.39 is 21.6 Å². The zero-order chi connectivity index (χ0) is 16.1. The first-order chi connectivity index (χ1) is 10.5. The molecule has 0 spiro atoms. The predicted molar refractivity (Wildman–Crippen MR) is 74.5 cm³/mol. The number of amides is 1. The number of benzene rings is 1. The second kappa shape index (κ2) is 6.48. The summed E-state index contributed by atoms with van der Waals surface area (Å²) in [6, 6.07) is 8.29. The third-order valence-electron chi connectivity index (χ3n) is 2.84. The van der Waals surface area contributed by atoms with Crippen molar-refractivity contribution in [3.63, 3.8) is 0 Å². The van der Waals surface area contributed by atoms with Gasteiger partial charge in [0.2, 0.25) is 0 Å². The second-order valence-electron chi connectivity index (χ2n) is 4.32. The van der Waals surface area contributed by atoms with Crippen molar-refractivity contribution in [3.8, 4) is 0 Å². The van der Waals surface area contributed by atoms with Crippen LogP contribution < -0.4 is 5.32 Å². The molecule has 1 aromatic carbocycles. The zero-order valence-corrected chi connectivity index (χ0v) is 11.2. The summed E-state index contributed by atoms with van der Waals surface area (Å²) in [5.74, 6) is -1.20. The van der Waals surface area contributed by atoms with E-state index in [1.807, 2.05) is 0 Å². The number of furan rings is 1. The van der Waals surface area contributed by atoms with Crippen LogP contribution in [-0.4, -0.2) is 22.3 Å². The monoisotopic (exact) mass is 305 g/mol. The van der Waals surface area contributed by atoms with Gasteiger partial charge in [0.25, 0.3) is 11.6 Å². The van der Waals surface area contributed by atoms with Crippen molar-refractivity contribution in [1.82, 2.24) is 5.32 Å². The van der Waals surface area contributed by atoms with Gasteiger partial charge in [-0.05, 0) is 18.1 Å². The summed E-state index contributed by atoms with van der Waals surface area (Å²) in [5, 5.41) is 23.5. The van der Waals surface area contributed by atoms with Crippen LogP contribution in [0.5, 0.6) is 0 Å². The maximum absolute atomic E-state index is 11.7. The third-order valence-corrected chi connectivity index (χ3v) is 2.84. The number of hydrogen-bond donors (Lipinski definition) is 1. The fourth-order valence-electron chi connectivity index (χ4n) is 1.74. The molecule has 1 amide bonds. The lowest BCUT2D eigenvalue weighted by molar-refractivity contribution is -0.402. The van der Waals surface area contributed by atoms with Gasteiger partial charge < -0.3 is 9.73 Å². The Balaban J connectivity index is 1.86. The second-order valence-corrected chi connectivity index (χ2v) is 4.32. The van der Waals surface area contributed by atoms with Crippen LogP contribution in [0.1, 0.15) is 16.1 Å². The highest BCUT2D eigenvalue weighted by molar-refractivity contribution is 5.91. The van der Waals surface area contributed by atoms with E-state index in [0.717, 1.165) is 11.6 Å². The van der Waals surface area contributed by atoms with Crippen molar-refractivity contribution < 1.29 is 19.1 Å². The van der Waals surface area contributed by atoms with Crippen molar-refractivity contribution in [2.24, 2.45) is 0 Å². The summed E-state index contributed by atoms with van der Waals surface area (Å²) in [6.07, 6.45) is 0.465.